The molecule has 0 radical (unpaired) electrons. The summed E-state index contributed by atoms with van der Waals surface area (Å²) in [5.41, 5.74) is 8.86. The Morgan fingerprint density at radius 2 is 1.85 bits per heavy atom. The van der Waals surface area contributed by atoms with E-state index in [-0.39, 0.29) is 23.8 Å². The molecule has 0 aromatic heterocycles. The molecule has 27 heavy (non-hydrogen) atoms. The smallest absolute Gasteiger partial charge is 0.278 e. The highest BCUT2D eigenvalue weighted by Crippen LogP contribution is 2.28. The predicted octanol–water partition coefficient (Wildman–Crippen LogP) is -2.62. The number of hydrogen-bond acceptors (Lipinski definition) is 6. The number of nitrogens with two attached hydrogens (primary N) is 1. The minimum atomic E-state index is -1.53. The molecule has 0 aliphatic heterocycles. The molecule has 1 rings (SSSR count). The number of carbonyl (C=O) groups is 4. The number of thioether (sulfide) groups is 1. The summed E-state index contributed by atoms with van der Waals surface area (Å²) < 4.78 is 0. The Balaban J connectivity index is 2.36. The van der Waals surface area contributed by atoms with Crippen LogP contribution in [0.1, 0.15) is 38.5 Å². The lowest BCUT2D eigenvalue weighted by Gasteiger charge is -2.29. The Bertz CT molecular complexity index is 537. The van der Waals surface area contributed by atoms with E-state index in [0.29, 0.717) is 19.4 Å². The topological polar surface area (TPSA) is 169 Å². The van der Waals surface area contributed by atoms with Gasteiger partial charge in [-0.25, -0.2) is 0 Å². The number of carboxylic acid groups (broad SMARTS) is 1. The van der Waals surface area contributed by atoms with Gasteiger partial charge in [-0.3, -0.25) is 14.4 Å². The summed E-state index contributed by atoms with van der Waals surface area (Å²) in [5, 5.41) is 16.3. The van der Waals surface area contributed by atoms with Crippen LogP contribution < -0.4 is 27.2 Å². The van der Waals surface area contributed by atoms with Crippen LogP contribution in [0.4, 0.5) is 0 Å². The summed E-state index contributed by atoms with van der Waals surface area (Å²) in [6.45, 7) is 0.557. The van der Waals surface area contributed by atoms with Crippen LogP contribution in [0, 0.1) is 11.8 Å². The molecule has 10 heteroatoms. The molecule has 3 amide bonds. The van der Waals surface area contributed by atoms with Crippen molar-refractivity contribution in [1.82, 2.24) is 10.6 Å². The zero-order valence-electron chi connectivity index (χ0n) is 15.7. The van der Waals surface area contributed by atoms with E-state index in [1.807, 2.05) is 6.26 Å². The maximum absolute atomic E-state index is 12.2. The quantitative estimate of drug-likeness (QED) is 0.295. The average Bonchev–Trinajstić information content (AvgIpc) is 2.63. The highest BCUT2D eigenvalue weighted by atomic mass is 32.2. The normalized spacial score (nSPS) is 21.7. The summed E-state index contributed by atoms with van der Waals surface area (Å²) >= 11 is 1.68. The van der Waals surface area contributed by atoms with Crippen molar-refractivity contribution in [2.45, 2.75) is 50.6 Å². The molecule has 0 bridgehead atoms. The number of aliphatic carboxylic acids is 1. The monoisotopic (exact) mass is 402 g/mol. The summed E-state index contributed by atoms with van der Waals surface area (Å²) in [7, 11) is 0. The molecule has 1 saturated carbocycles. The van der Waals surface area contributed by atoms with Crippen LogP contribution in [-0.4, -0.2) is 54.3 Å². The third kappa shape index (κ3) is 8.61. The molecule has 9 nitrogen and oxygen atoms in total. The van der Waals surface area contributed by atoms with Crippen molar-refractivity contribution in [3.63, 3.8) is 0 Å². The van der Waals surface area contributed by atoms with Gasteiger partial charge in [-0.15, -0.1) is 0 Å². The van der Waals surface area contributed by atoms with E-state index in [2.05, 4.69) is 16.4 Å². The van der Waals surface area contributed by atoms with Crippen molar-refractivity contribution < 1.29 is 30.0 Å². The second-order valence-corrected chi connectivity index (χ2v) is 7.98. The molecule has 2 atom stereocenters. The van der Waals surface area contributed by atoms with Crippen LogP contribution in [0.15, 0.2) is 0 Å². The maximum atomic E-state index is 12.2. The number of carboxylic acids is 1. The average molecular weight is 403 g/mol. The molecule has 1 aliphatic carbocycles. The van der Waals surface area contributed by atoms with Gasteiger partial charge in [0.1, 0.15) is 0 Å². The number of quaternary nitrogens is 1. The summed E-state index contributed by atoms with van der Waals surface area (Å²) in [4.78, 5) is 46.1. The Labute approximate surface area is 163 Å². The molecule has 0 saturated heterocycles. The lowest BCUT2D eigenvalue weighted by molar-refractivity contribution is -0.403. The van der Waals surface area contributed by atoms with E-state index in [0.717, 1.165) is 25.0 Å². The fourth-order valence-corrected chi connectivity index (χ4v) is 3.61. The second kappa shape index (κ2) is 11.8. The lowest BCUT2D eigenvalue weighted by atomic mass is 9.81. The largest absolute Gasteiger partial charge is 0.548 e. The van der Waals surface area contributed by atoms with E-state index < -0.39 is 30.2 Å². The summed E-state index contributed by atoms with van der Waals surface area (Å²) in [5.74, 6) is -1.92. The van der Waals surface area contributed by atoms with E-state index in [9.17, 15) is 24.3 Å². The minimum Gasteiger partial charge on any atom is -0.548 e. The molecule has 0 aromatic carbocycles. The van der Waals surface area contributed by atoms with E-state index in [1.54, 1.807) is 11.8 Å². The molecule has 0 aromatic rings. The van der Waals surface area contributed by atoms with E-state index in [4.69, 9.17) is 5.73 Å². The standard InChI is InChI=1S/C17H30N4O5S/c1-27-7-6-12(18)16(24)20-9-10-2-4-11(5-3-10)15(23)21-13(17(25)26)8-14(19)22/h10-13H,2-9,18H2,1H3,(H2,19,22)(H,20,24)(H,21,23)(H,25,26)/t10?,11?,12-,13+/m0/s1. The molecule has 1 fully saturated rings. The Morgan fingerprint density at radius 3 is 2.37 bits per heavy atom. The fourth-order valence-electron chi connectivity index (χ4n) is 3.09. The first-order chi connectivity index (χ1) is 12.7. The molecular weight excluding hydrogens is 372 g/mol. The number of hydrogen-bond donors (Lipinski definition) is 4. The van der Waals surface area contributed by atoms with Crippen molar-refractivity contribution in [2.24, 2.45) is 17.6 Å². The zero-order chi connectivity index (χ0) is 20.4. The first-order valence-corrected chi connectivity index (χ1v) is 10.5. The second-order valence-electron chi connectivity index (χ2n) is 6.99. The highest BCUT2D eigenvalue weighted by molar-refractivity contribution is 7.98. The Hall–Kier alpha value is -1.81. The molecule has 0 heterocycles. The van der Waals surface area contributed by atoms with Gasteiger partial charge in [-0.1, -0.05) is 0 Å². The first kappa shape index (κ1) is 23.2. The van der Waals surface area contributed by atoms with Gasteiger partial charge in [0.15, 0.2) is 6.04 Å². The Morgan fingerprint density at radius 1 is 1.22 bits per heavy atom. The zero-order valence-corrected chi connectivity index (χ0v) is 16.5. The van der Waals surface area contributed by atoms with Crippen molar-refractivity contribution in [1.29, 1.82) is 0 Å². The van der Waals surface area contributed by atoms with Crippen molar-refractivity contribution in [3.8, 4) is 0 Å². The van der Waals surface area contributed by atoms with Gasteiger partial charge in [-0.2, -0.15) is 11.8 Å². The maximum Gasteiger partial charge on any atom is 0.278 e. The number of nitrogens with one attached hydrogen (secondary N) is 2. The van der Waals surface area contributed by atoms with Gasteiger partial charge < -0.3 is 32.0 Å². The van der Waals surface area contributed by atoms with Crippen molar-refractivity contribution >= 4 is 35.5 Å². The number of carbonyl (C=O) groups excluding carboxylic acids is 4. The van der Waals surface area contributed by atoms with Gasteiger partial charge >= 0.3 is 0 Å². The van der Waals surface area contributed by atoms with E-state index >= 15 is 0 Å². The Kier molecular flexibility index (Phi) is 10.2. The van der Waals surface area contributed by atoms with E-state index in [1.165, 1.54) is 0 Å². The lowest BCUT2D eigenvalue weighted by Crippen LogP contribution is -2.67. The van der Waals surface area contributed by atoms with Gasteiger partial charge in [0.2, 0.25) is 11.8 Å². The molecular formula is C17H30N4O5S. The summed E-state index contributed by atoms with van der Waals surface area (Å²) in [6, 6.07) is -1.66. The summed E-state index contributed by atoms with van der Waals surface area (Å²) in [6.07, 6.45) is 4.96. The van der Waals surface area contributed by atoms with Crippen molar-refractivity contribution in [3.05, 3.63) is 0 Å². The van der Waals surface area contributed by atoms with Crippen LogP contribution in [0.3, 0.4) is 0 Å². The number of amides is 3. The van der Waals surface area contributed by atoms with Crippen LogP contribution in [-0.2, 0) is 19.2 Å². The van der Waals surface area contributed by atoms with Crippen LogP contribution in [0.5, 0.6) is 0 Å². The molecule has 7 N–H and O–H groups in total. The number of rotatable bonds is 11. The minimum absolute atomic E-state index is 0.0489. The first-order valence-electron chi connectivity index (χ1n) is 9.13. The number of primary amides is 1. The van der Waals surface area contributed by atoms with Gasteiger partial charge in [-0.05, 0) is 43.6 Å². The fraction of sp³-hybridized carbons (Fsp3) is 0.765. The van der Waals surface area contributed by atoms with Gasteiger partial charge in [0.05, 0.1) is 18.4 Å². The molecule has 0 unspecified atom stereocenters. The van der Waals surface area contributed by atoms with Gasteiger partial charge in [0, 0.05) is 18.9 Å². The third-order valence-corrected chi connectivity index (χ3v) is 5.47. The molecule has 1 aliphatic rings. The van der Waals surface area contributed by atoms with Crippen molar-refractivity contribution in [2.75, 3.05) is 18.6 Å². The van der Waals surface area contributed by atoms with Crippen LogP contribution >= 0.6 is 11.8 Å². The predicted molar refractivity (Wildman–Crippen MR) is 98.9 cm³/mol. The van der Waals surface area contributed by atoms with Crippen LogP contribution in [0.25, 0.3) is 0 Å². The van der Waals surface area contributed by atoms with Gasteiger partial charge in [0.25, 0.3) is 5.91 Å². The molecule has 154 valence electrons. The molecule has 0 spiro atoms. The SMILES string of the molecule is CSCC[C@H]([NH3+])C(=O)NCC1CCC(C(=O)N[C@H](CC(N)=O)C(=O)[O-])CC1. The highest BCUT2D eigenvalue weighted by Gasteiger charge is 2.29. The third-order valence-electron chi connectivity index (χ3n) is 4.83. The van der Waals surface area contributed by atoms with Crippen LogP contribution in [0.2, 0.25) is 0 Å².